The minimum absolute atomic E-state index is 0.220. The first-order chi connectivity index (χ1) is 8.76. The lowest BCUT2D eigenvalue weighted by molar-refractivity contribution is 0.0223. The number of ether oxygens (including phenoxy) is 1. The Hall–Kier alpha value is -1.23. The lowest BCUT2D eigenvalue weighted by atomic mass is 9.99. The summed E-state index contributed by atoms with van der Waals surface area (Å²) in [4.78, 5) is 13.6. The van der Waals surface area contributed by atoms with E-state index in [-0.39, 0.29) is 11.8 Å². The van der Waals surface area contributed by atoms with Crippen molar-refractivity contribution in [2.75, 3.05) is 6.54 Å². The number of benzene rings is 1. The van der Waals surface area contributed by atoms with Crippen LogP contribution in [0, 0.1) is 0 Å². The third-order valence-electron chi connectivity index (χ3n) is 2.94. The highest BCUT2D eigenvalue weighted by Crippen LogP contribution is 2.31. The number of phenols is 1. The Bertz CT molecular complexity index is 508. The summed E-state index contributed by atoms with van der Waals surface area (Å²) in [6, 6.07) is 3.64. The van der Waals surface area contributed by atoms with Crippen LogP contribution in [0.2, 0.25) is 0 Å². The van der Waals surface area contributed by atoms with Crippen LogP contribution in [0.4, 0.5) is 4.79 Å². The van der Waals surface area contributed by atoms with Crippen molar-refractivity contribution in [3.63, 3.8) is 0 Å². The van der Waals surface area contributed by atoms with E-state index >= 15 is 0 Å². The summed E-state index contributed by atoms with van der Waals surface area (Å²) in [7, 11) is 0. The zero-order valence-corrected chi connectivity index (χ0v) is 13.0. The minimum atomic E-state index is -0.501. The van der Waals surface area contributed by atoms with Crippen LogP contribution in [0.25, 0.3) is 0 Å². The number of rotatable bonds is 0. The van der Waals surface area contributed by atoms with Gasteiger partial charge in [0.2, 0.25) is 0 Å². The first-order valence-corrected chi connectivity index (χ1v) is 7.04. The van der Waals surface area contributed by atoms with E-state index in [4.69, 9.17) is 4.74 Å². The number of hydrogen-bond acceptors (Lipinski definition) is 3. The number of amides is 1. The van der Waals surface area contributed by atoms with Gasteiger partial charge in [0.05, 0.1) is 6.54 Å². The SMILES string of the molecule is CC(C)(C)OC(=O)N1CCc2cc(Br)cc(O)c2C1. The van der Waals surface area contributed by atoms with Gasteiger partial charge in [-0.25, -0.2) is 4.79 Å². The maximum Gasteiger partial charge on any atom is 0.410 e. The summed E-state index contributed by atoms with van der Waals surface area (Å²) in [5.41, 5.74) is 1.38. The zero-order valence-electron chi connectivity index (χ0n) is 11.4. The highest BCUT2D eigenvalue weighted by Gasteiger charge is 2.27. The normalized spacial score (nSPS) is 15.1. The van der Waals surface area contributed by atoms with E-state index in [0.717, 1.165) is 22.0 Å². The molecule has 0 aromatic heterocycles. The zero-order chi connectivity index (χ0) is 14.2. The van der Waals surface area contributed by atoms with Crippen LogP contribution >= 0.6 is 15.9 Å². The van der Waals surface area contributed by atoms with Gasteiger partial charge in [0.25, 0.3) is 0 Å². The molecule has 1 aliphatic heterocycles. The number of halogens is 1. The molecule has 0 aliphatic carbocycles. The van der Waals surface area contributed by atoms with Crippen LogP contribution in [-0.4, -0.2) is 28.2 Å². The number of aromatic hydroxyl groups is 1. The molecule has 2 rings (SSSR count). The third-order valence-corrected chi connectivity index (χ3v) is 3.39. The van der Waals surface area contributed by atoms with Crippen LogP contribution in [0.15, 0.2) is 16.6 Å². The van der Waals surface area contributed by atoms with Gasteiger partial charge in [-0.1, -0.05) is 15.9 Å². The van der Waals surface area contributed by atoms with Gasteiger partial charge < -0.3 is 14.7 Å². The molecule has 104 valence electrons. The summed E-state index contributed by atoms with van der Waals surface area (Å²) in [6.07, 6.45) is 0.391. The fourth-order valence-electron chi connectivity index (χ4n) is 2.09. The van der Waals surface area contributed by atoms with Gasteiger partial charge >= 0.3 is 6.09 Å². The van der Waals surface area contributed by atoms with E-state index in [2.05, 4.69) is 15.9 Å². The van der Waals surface area contributed by atoms with Crippen molar-refractivity contribution in [1.82, 2.24) is 4.90 Å². The Kier molecular flexibility index (Phi) is 3.76. The Balaban J connectivity index is 2.16. The van der Waals surface area contributed by atoms with E-state index in [1.165, 1.54) is 0 Å². The first-order valence-electron chi connectivity index (χ1n) is 6.24. The number of carbonyl (C=O) groups is 1. The molecule has 0 saturated carbocycles. The van der Waals surface area contributed by atoms with Crippen LogP contribution in [0.1, 0.15) is 31.9 Å². The Morgan fingerprint density at radius 3 is 2.74 bits per heavy atom. The van der Waals surface area contributed by atoms with Gasteiger partial charge in [-0.05, 0) is 44.9 Å². The molecule has 0 saturated heterocycles. The van der Waals surface area contributed by atoms with Crippen LogP contribution in [0.5, 0.6) is 5.75 Å². The molecule has 4 nitrogen and oxygen atoms in total. The summed E-state index contributed by atoms with van der Waals surface area (Å²) in [6.45, 7) is 6.54. The molecule has 5 heteroatoms. The van der Waals surface area contributed by atoms with Gasteiger partial charge in [-0.15, -0.1) is 0 Å². The predicted molar refractivity (Wildman–Crippen MR) is 76.2 cm³/mol. The van der Waals surface area contributed by atoms with E-state index in [1.54, 1.807) is 11.0 Å². The van der Waals surface area contributed by atoms with Gasteiger partial charge in [-0.3, -0.25) is 0 Å². The molecular formula is C14H18BrNO3. The molecule has 0 radical (unpaired) electrons. The van der Waals surface area contributed by atoms with Crippen molar-refractivity contribution in [2.24, 2.45) is 0 Å². The fraction of sp³-hybridized carbons (Fsp3) is 0.500. The molecule has 1 aliphatic rings. The van der Waals surface area contributed by atoms with Gasteiger partial charge in [-0.2, -0.15) is 0 Å². The van der Waals surface area contributed by atoms with Crippen LogP contribution in [-0.2, 0) is 17.7 Å². The standard InChI is InChI=1S/C14H18BrNO3/c1-14(2,3)19-13(18)16-5-4-9-6-10(15)7-12(17)11(9)8-16/h6-7,17H,4-5,8H2,1-3H3. The number of hydrogen-bond donors (Lipinski definition) is 1. The first kappa shape index (κ1) is 14.2. The molecule has 0 unspecified atom stereocenters. The third kappa shape index (κ3) is 3.41. The Morgan fingerprint density at radius 1 is 1.42 bits per heavy atom. The molecule has 1 aromatic rings. The van der Waals surface area contributed by atoms with E-state index in [1.807, 2.05) is 26.8 Å². The maximum absolute atomic E-state index is 12.0. The van der Waals surface area contributed by atoms with Crippen molar-refractivity contribution in [1.29, 1.82) is 0 Å². The van der Waals surface area contributed by atoms with Crippen LogP contribution < -0.4 is 0 Å². The van der Waals surface area contributed by atoms with E-state index in [9.17, 15) is 9.90 Å². The number of fused-ring (bicyclic) bond motifs is 1. The van der Waals surface area contributed by atoms with Crippen molar-refractivity contribution in [2.45, 2.75) is 39.3 Å². The molecule has 0 spiro atoms. The number of carbonyl (C=O) groups excluding carboxylic acids is 1. The molecule has 19 heavy (non-hydrogen) atoms. The Morgan fingerprint density at radius 2 is 2.11 bits per heavy atom. The second-order valence-corrected chi connectivity index (χ2v) is 6.63. The summed E-state index contributed by atoms with van der Waals surface area (Å²) in [5.74, 6) is 0.220. The highest BCUT2D eigenvalue weighted by molar-refractivity contribution is 9.10. The number of phenolic OH excluding ortho intramolecular Hbond substituents is 1. The van der Waals surface area contributed by atoms with Crippen LogP contribution in [0.3, 0.4) is 0 Å². The number of nitrogens with zero attached hydrogens (tertiary/aromatic N) is 1. The second-order valence-electron chi connectivity index (χ2n) is 5.71. The molecule has 1 amide bonds. The summed E-state index contributed by atoms with van der Waals surface area (Å²) < 4.78 is 6.21. The molecule has 0 atom stereocenters. The molecule has 1 aromatic carbocycles. The highest BCUT2D eigenvalue weighted by atomic mass is 79.9. The maximum atomic E-state index is 12.0. The van der Waals surface area contributed by atoms with E-state index in [0.29, 0.717) is 13.1 Å². The van der Waals surface area contributed by atoms with E-state index < -0.39 is 5.60 Å². The monoisotopic (exact) mass is 327 g/mol. The summed E-state index contributed by atoms with van der Waals surface area (Å²) >= 11 is 3.36. The molecule has 1 heterocycles. The molecule has 0 fully saturated rings. The second kappa shape index (κ2) is 5.04. The van der Waals surface area contributed by atoms with Gasteiger partial charge in [0.1, 0.15) is 11.4 Å². The largest absolute Gasteiger partial charge is 0.508 e. The molecule has 0 bridgehead atoms. The molecular weight excluding hydrogens is 310 g/mol. The quantitative estimate of drug-likeness (QED) is 0.794. The van der Waals surface area contributed by atoms with Gasteiger partial charge in [0, 0.05) is 16.6 Å². The van der Waals surface area contributed by atoms with Gasteiger partial charge in [0.15, 0.2) is 0 Å². The smallest absolute Gasteiger partial charge is 0.410 e. The van der Waals surface area contributed by atoms with Crippen molar-refractivity contribution < 1.29 is 14.6 Å². The predicted octanol–water partition coefficient (Wildman–Crippen LogP) is 3.45. The molecule has 1 N–H and O–H groups in total. The average molecular weight is 328 g/mol. The minimum Gasteiger partial charge on any atom is -0.508 e. The fourth-order valence-corrected chi connectivity index (χ4v) is 2.58. The Labute approximate surface area is 121 Å². The topological polar surface area (TPSA) is 49.8 Å². The van der Waals surface area contributed by atoms with Crippen molar-refractivity contribution in [3.8, 4) is 5.75 Å². The van der Waals surface area contributed by atoms with Crippen molar-refractivity contribution in [3.05, 3.63) is 27.7 Å². The summed E-state index contributed by atoms with van der Waals surface area (Å²) in [5, 5.41) is 9.96. The lowest BCUT2D eigenvalue weighted by Crippen LogP contribution is -2.39. The average Bonchev–Trinajstić information content (AvgIpc) is 2.25. The van der Waals surface area contributed by atoms with Crippen molar-refractivity contribution >= 4 is 22.0 Å². The lowest BCUT2D eigenvalue weighted by Gasteiger charge is -2.31.